The zero-order chi connectivity index (χ0) is 20.7. The minimum absolute atomic E-state index is 0.0129. The number of nitrogens with zero attached hydrogens (tertiary/aromatic N) is 2. The molecule has 0 spiro atoms. The van der Waals surface area contributed by atoms with E-state index in [0.717, 1.165) is 64.3 Å². The fraction of sp³-hybridized carbons (Fsp3) is 0.375. The molecule has 1 saturated carbocycles. The van der Waals surface area contributed by atoms with Gasteiger partial charge in [0.15, 0.2) is 0 Å². The van der Waals surface area contributed by atoms with E-state index in [4.69, 9.17) is 4.99 Å². The van der Waals surface area contributed by atoms with Crippen LogP contribution in [0, 0.1) is 33.6 Å². The largest absolute Gasteiger partial charge is 0.324 e. The molecule has 4 rings (SSSR count). The third-order valence-corrected chi connectivity index (χ3v) is 6.01. The molecule has 5 nitrogen and oxygen atoms in total. The number of benzene rings is 2. The summed E-state index contributed by atoms with van der Waals surface area (Å²) in [4.78, 5) is 32.8. The Morgan fingerprint density at radius 2 is 1.86 bits per heavy atom. The molecule has 1 atom stereocenters. The molecule has 150 valence electrons. The summed E-state index contributed by atoms with van der Waals surface area (Å²) in [7, 11) is 0. The van der Waals surface area contributed by atoms with Crippen LogP contribution >= 0.6 is 0 Å². The van der Waals surface area contributed by atoms with Crippen molar-refractivity contribution in [3.8, 4) is 0 Å². The molecule has 0 aromatic heterocycles. The second kappa shape index (κ2) is 7.47. The van der Waals surface area contributed by atoms with Gasteiger partial charge in [-0.2, -0.15) is 0 Å². The fourth-order valence-electron chi connectivity index (χ4n) is 4.15. The smallest absolute Gasteiger partial charge is 0.244 e. The second-order valence-electron chi connectivity index (χ2n) is 8.26. The highest BCUT2D eigenvalue weighted by molar-refractivity contribution is 6.17. The Morgan fingerprint density at radius 3 is 2.66 bits per heavy atom. The summed E-state index contributed by atoms with van der Waals surface area (Å²) in [5.41, 5.74) is 7.57. The van der Waals surface area contributed by atoms with Crippen molar-refractivity contribution in [1.82, 2.24) is 0 Å². The summed E-state index contributed by atoms with van der Waals surface area (Å²) in [5.74, 6) is -0.423. The molecule has 0 radical (unpaired) electrons. The molecular formula is C24H27N3O2. The normalized spacial score (nSPS) is 18.1. The second-order valence-corrected chi connectivity index (χ2v) is 8.26. The number of carbonyl (C=O) groups is 2. The number of hydrogen-bond donors (Lipinski definition) is 1. The highest BCUT2D eigenvalue weighted by atomic mass is 16.2. The molecule has 1 heterocycles. The van der Waals surface area contributed by atoms with E-state index in [1.807, 2.05) is 58.0 Å². The Bertz CT molecular complexity index is 1040. The number of fused-ring (bicyclic) bond motifs is 2. The van der Waals surface area contributed by atoms with Crippen LogP contribution < -0.4 is 10.2 Å². The van der Waals surface area contributed by atoms with Crippen molar-refractivity contribution in [3.05, 3.63) is 52.6 Å². The van der Waals surface area contributed by atoms with Crippen LogP contribution in [0.4, 0.5) is 17.1 Å². The maximum atomic E-state index is 13.4. The van der Waals surface area contributed by atoms with Gasteiger partial charge in [0.25, 0.3) is 0 Å². The Kier molecular flexibility index (Phi) is 4.99. The van der Waals surface area contributed by atoms with Crippen LogP contribution in [0.2, 0.25) is 0 Å². The molecule has 2 amide bonds. The summed E-state index contributed by atoms with van der Waals surface area (Å²) in [6.45, 7) is 8.01. The monoisotopic (exact) mass is 389 g/mol. The van der Waals surface area contributed by atoms with Gasteiger partial charge < -0.3 is 10.2 Å². The molecule has 29 heavy (non-hydrogen) atoms. The zero-order valence-electron chi connectivity index (χ0n) is 17.5. The summed E-state index contributed by atoms with van der Waals surface area (Å²) in [5, 5.41) is 2.99. The Labute approximate surface area is 171 Å². The molecule has 1 aliphatic carbocycles. The number of carbonyl (C=O) groups excluding carboxylic acids is 2. The van der Waals surface area contributed by atoms with Crippen LogP contribution in [-0.4, -0.2) is 24.1 Å². The molecule has 1 unspecified atom stereocenters. The van der Waals surface area contributed by atoms with Crippen molar-refractivity contribution in [2.45, 2.75) is 47.0 Å². The van der Waals surface area contributed by atoms with Crippen molar-refractivity contribution in [2.75, 3.05) is 16.8 Å². The van der Waals surface area contributed by atoms with Crippen LogP contribution in [0.5, 0.6) is 0 Å². The van der Waals surface area contributed by atoms with E-state index in [-0.39, 0.29) is 24.3 Å². The Hall–Kier alpha value is -2.95. The predicted octanol–water partition coefficient (Wildman–Crippen LogP) is 4.78. The maximum Gasteiger partial charge on any atom is 0.244 e. The third-order valence-electron chi connectivity index (χ3n) is 6.01. The number of aliphatic imine (C=N–C) groups is 1. The summed E-state index contributed by atoms with van der Waals surface area (Å²) >= 11 is 0. The van der Waals surface area contributed by atoms with Crippen molar-refractivity contribution >= 4 is 34.6 Å². The number of hydrogen-bond acceptors (Lipinski definition) is 3. The minimum atomic E-state index is -0.212. The Morgan fingerprint density at radius 1 is 1.10 bits per heavy atom. The van der Waals surface area contributed by atoms with Gasteiger partial charge in [-0.3, -0.25) is 14.6 Å². The standard InChI is InChI=1S/C24H27N3O2/c1-14-8-9-15(2)20(10-14)26-23(28)13-27-22-12-17(4)16(3)11-21(22)25-19-7-5-6-18(19)24(27)29/h8-12,18H,5-7,13H2,1-4H3,(H,26,28). The van der Waals surface area contributed by atoms with Crippen molar-refractivity contribution < 1.29 is 9.59 Å². The number of aryl methyl sites for hydroxylation is 4. The molecule has 0 bridgehead atoms. The van der Waals surface area contributed by atoms with E-state index in [9.17, 15) is 9.59 Å². The third kappa shape index (κ3) is 3.69. The molecule has 5 heteroatoms. The maximum absolute atomic E-state index is 13.4. The van der Waals surface area contributed by atoms with Gasteiger partial charge in [0.2, 0.25) is 11.8 Å². The molecule has 2 aromatic rings. The number of anilines is 2. The van der Waals surface area contributed by atoms with E-state index in [2.05, 4.69) is 5.32 Å². The van der Waals surface area contributed by atoms with E-state index in [1.165, 1.54) is 0 Å². The van der Waals surface area contributed by atoms with E-state index >= 15 is 0 Å². The molecule has 1 fully saturated rings. The molecule has 2 aromatic carbocycles. The predicted molar refractivity (Wildman–Crippen MR) is 117 cm³/mol. The lowest BCUT2D eigenvalue weighted by molar-refractivity contribution is -0.122. The van der Waals surface area contributed by atoms with Crippen molar-refractivity contribution in [2.24, 2.45) is 10.9 Å². The lowest BCUT2D eigenvalue weighted by Crippen LogP contribution is -2.42. The van der Waals surface area contributed by atoms with Crippen LogP contribution in [0.25, 0.3) is 0 Å². The fourth-order valence-corrected chi connectivity index (χ4v) is 4.15. The highest BCUT2D eigenvalue weighted by Gasteiger charge is 2.37. The molecule has 1 aliphatic heterocycles. The van der Waals surface area contributed by atoms with Crippen LogP contribution in [0.1, 0.15) is 41.5 Å². The quantitative estimate of drug-likeness (QED) is 0.821. The first-order valence-corrected chi connectivity index (χ1v) is 10.2. The molecule has 0 saturated heterocycles. The topological polar surface area (TPSA) is 61.8 Å². The lowest BCUT2D eigenvalue weighted by Gasteiger charge is -2.25. The first-order valence-electron chi connectivity index (χ1n) is 10.2. The van der Waals surface area contributed by atoms with Gasteiger partial charge in [-0.25, -0.2) is 0 Å². The van der Waals surface area contributed by atoms with Gasteiger partial charge in [0, 0.05) is 11.4 Å². The van der Waals surface area contributed by atoms with Crippen LogP contribution in [-0.2, 0) is 9.59 Å². The van der Waals surface area contributed by atoms with E-state index in [0.29, 0.717) is 0 Å². The van der Waals surface area contributed by atoms with Crippen LogP contribution in [0.15, 0.2) is 35.3 Å². The van der Waals surface area contributed by atoms with Crippen molar-refractivity contribution in [1.29, 1.82) is 0 Å². The average molecular weight is 389 g/mol. The van der Waals surface area contributed by atoms with Crippen LogP contribution in [0.3, 0.4) is 0 Å². The first kappa shape index (κ1) is 19.4. The van der Waals surface area contributed by atoms with Gasteiger partial charge in [-0.05, 0) is 87.4 Å². The first-order chi connectivity index (χ1) is 13.8. The molecule has 2 aliphatic rings. The van der Waals surface area contributed by atoms with Gasteiger partial charge in [-0.15, -0.1) is 0 Å². The van der Waals surface area contributed by atoms with Gasteiger partial charge in [-0.1, -0.05) is 12.1 Å². The molecular weight excluding hydrogens is 362 g/mol. The average Bonchev–Trinajstić information content (AvgIpc) is 3.10. The summed E-state index contributed by atoms with van der Waals surface area (Å²) < 4.78 is 0. The summed E-state index contributed by atoms with van der Waals surface area (Å²) in [6, 6.07) is 9.98. The number of rotatable bonds is 3. The van der Waals surface area contributed by atoms with Gasteiger partial charge >= 0.3 is 0 Å². The van der Waals surface area contributed by atoms with E-state index < -0.39 is 0 Å². The van der Waals surface area contributed by atoms with E-state index in [1.54, 1.807) is 4.90 Å². The number of amides is 2. The summed E-state index contributed by atoms with van der Waals surface area (Å²) in [6.07, 6.45) is 2.63. The van der Waals surface area contributed by atoms with Crippen molar-refractivity contribution in [3.63, 3.8) is 0 Å². The lowest BCUT2D eigenvalue weighted by atomic mass is 10.0. The van der Waals surface area contributed by atoms with Gasteiger partial charge in [0.1, 0.15) is 6.54 Å². The van der Waals surface area contributed by atoms with Gasteiger partial charge in [0.05, 0.1) is 17.3 Å². The highest BCUT2D eigenvalue weighted by Crippen LogP contribution is 2.39. The Balaban J connectivity index is 1.67. The molecule has 1 N–H and O–H groups in total. The SMILES string of the molecule is Cc1ccc(C)c(NC(=O)CN2C(=O)C3CCCC3=Nc3cc(C)c(C)cc32)c1. The number of nitrogens with one attached hydrogen (secondary N) is 1. The minimum Gasteiger partial charge on any atom is -0.324 e. The zero-order valence-corrected chi connectivity index (χ0v) is 17.5.